The van der Waals surface area contributed by atoms with Gasteiger partial charge in [-0.15, -0.1) is 0 Å². The topological polar surface area (TPSA) is 50.2 Å². The number of carbonyl (C=O) groups is 1. The molecule has 0 unspecified atom stereocenters. The Kier molecular flexibility index (Phi) is 2.82. The van der Waals surface area contributed by atoms with Gasteiger partial charge in [-0.05, 0) is 12.1 Å². The second kappa shape index (κ2) is 4.29. The van der Waals surface area contributed by atoms with E-state index < -0.39 is 23.2 Å². The van der Waals surface area contributed by atoms with Crippen LogP contribution in [0.25, 0.3) is 11.1 Å². The second-order valence-electron chi connectivity index (χ2n) is 3.36. The van der Waals surface area contributed by atoms with E-state index in [1.807, 2.05) is 0 Å². The van der Waals surface area contributed by atoms with Gasteiger partial charge < -0.3 is 5.11 Å². The van der Waals surface area contributed by atoms with Gasteiger partial charge in [0.05, 0.1) is 5.56 Å². The van der Waals surface area contributed by atoms with Crippen molar-refractivity contribution >= 4 is 5.97 Å². The van der Waals surface area contributed by atoms with Gasteiger partial charge in [0, 0.05) is 29.6 Å². The largest absolute Gasteiger partial charge is 0.478 e. The zero-order valence-electron chi connectivity index (χ0n) is 8.52. The van der Waals surface area contributed by atoms with Crippen LogP contribution < -0.4 is 0 Å². The molecule has 0 fully saturated rings. The van der Waals surface area contributed by atoms with Gasteiger partial charge in [-0.25, -0.2) is 13.6 Å². The summed E-state index contributed by atoms with van der Waals surface area (Å²) in [6.45, 7) is 0. The number of pyridine rings is 1. The Balaban J connectivity index is 2.63. The van der Waals surface area contributed by atoms with Crippen LogP contribution in [0.5, 0.6) is 0 Å². The summed E-state index contributed by atoms with van der Waals surface area (Å²) in [5.41, 5.74) is -0.158. The van der Waals surface area contributed by atoms with Crippen LogP contribution in [0.4, 0.5) is 8.78 Å². The third-order valence-corrected chi connectivity index (χ3v) is 2.26. The van der Waals surface area contributed by atoms with Gasteiger partial charge in [-0.3, -0.25) is 4.98 Å². The van der Waals surface area contributed by atoms with Gasteiger partial charge in [0.15, 0.2) is 0 Å². The van der Waals surface area contributed by atoms with Crippen LogP contribution in [-0.4, -0.2) is 16.1 Å². The second-order valence-corrected chi connectivity index (χ2v) is 3.36. The van der Waals surface area contributed by atoms with Crippen molar-refractivity contribution in [2.45, 2.75) is 0 Å². The molecule has 0 aliphatic rings. The van der Waals surface area contributed by atoms with Gasteiger partial charge in [0.1, 0.15) is 11.6 Å². The lowest BCUT2D eigenvalue weighted by Crippen LogP contribution is -2.02. The average molecular weight is 235 g/mol. The third-order valence-electron chi connectivity index (χ3n) is 2.26. The molecular weight excluding hydrogens is 228 g/mol. The number of hydrogen-bond acceptors (Lipinski definition) is 2. The molecule has 0 amide bonds. The molecule has 2 aromatic rings. The summed E-state index contributed by atoms with van der Waals surface area (Å²) in [4.78, 5) is 14.5. The minimum atomic E-state index is -1.44. The lowest BCUT2D eigenvalue weighted by Gasteiger charge is -2.05. The van der Waals surface area contributed by atoms with E-state index in [0.29, 0.717) is 11.6 Å². The van der Waals surface area contributed by atoms with E-state index in [2.05, 4.69) is 4.98 Å². The third kappa shape index (κ3) is 2.13. The molecule has 86 valence electrons. The van der Waals surface area contributed by atoms with Crippen LogP contribution in [0, 0.1) is 11.6 Å². The van der Waals surface area contributed by atoms with Gasteiger partial charge in [-0.2, -0.15) is 0 Å². The molecule has 0 radical (unpaired) electrons. The first-order valence-electron chi connectivity index (χ1n) is 4.72. The molecule has 3 nitrogen and oxygen atoms in total. The maximum atomic E-state index is 13.5. The van der Waals surface area contributed by atoms with Crippen molar-refractivity contribution < 1.29 is 18.7 Å². The van der Waals surface area contributed by atoms with Crippen molar-refractivity contribution in [1.82, 2.24) is 4.98 Å². The number of aromatic carboxylic acids is 1. The van der Waals surface area contributed by atoms with Crippen molar-refractivity contribution in [3.63, 3.8) is 0 Å². The number of benzene rings is 1. The Labute approximate surface area is 95.4 Å². The number of halogens is 2. The van der Waals surface area contributed by atoms with Crippen LogP contribution in [0.2, 0.25) is 0 Å². The van der Waals surface area contributed by atoms with E-state index in [0.717, 1.165) is 6.07 Å². The molecule has 1 heterocycles. The Morgan fingerprint density at radius 2 is 2.00 bits per heavy atom. The number of nitrogens with zero attached hydrogens (tertiary/aromatic N) is 1. The fourth-order valence-electron chi connectivity index (χ4n) is 1.46. The summed E-state index contributed by atoms with van der Waals surface area (Å²) in [6, 6.07) is 4.67. The Morgan fingerprint density at radius 3 is 2.59 bits per heavy atom. The molecule has 0 bridgehead atoms. The smallest absolute Gasteiger partial charge is 0.338 e. The van der Waals surface area contributed by atoms with E-state index in [9.17, 15) is 13.6 Å². The summed E-state index contributed by atoms with van der Waals surface area (Å²) in [7, 11) is 0. The molecule has 0 aliphatic carbocycles. The van der Waals surface area contributed by atoms with Gasteiger partial charge in [0.2, 0.25) is 0 Å². The summed E-state index contributed by atoms with van der Waals surface area (Å²) in [5, 5.41) is 8.75. The van der Waals surface area contributed by atoms with Crippen molar-refractivity contribution in [1.29, 1.82) is 0 Å². The highest BCUT2D eigenvalue weighted by Gasteiger charge is 2.16. The van der Waals surface area contributed by atoms with Crippen LogP contribution in [-0.2, 0) is 0 Å². The van der Waals surface area contributed by atoms with Crippen LogP contribution >= 0.6 is 0 Å². The molecular formula is C12H7F2NO2. The molecule has 2 rings (SSSR count). The summed E-state index contributed by atoms with van der Waals surface area (Å²) < 4.78 is 26.7. The Hall–Kier alpha value is -2.30. The molecule has 0 saturated heterocycles. The molecule has 1 aromatic heterocycles. The Bertz CT molecular complexity index is 570. The standard InChI is InChI=1S/C12H7F2NO2/c13-10-5-11(14)9(12(16)17)4-8(10)7-2-1-3-15-6-7/h1-6H,(H,16,17). The molecule has 0 atom stereocenters. The first-order valence-corrected chi connectivity index (χ1v) is 4.72. The van der Waals surface area contributed by atoms with Gasteiger partial charge >= 0.3 is 5.97 Å². The van der Waals surface area contributed by atoms with Crippen LogP contribution in [0.1, 0.15) is 10.4 Å². The summed E-state index contributed by atoms with van der Waals surface area (Å²) >= 11 is 0. The van der Waals surface area contributed by atoms with Gasteiger partial charge in [-0.1, -0.05) is 6.07 Å². The van der Waals surface area contributed by atoms with Crippen molar-refractivity contribution in [3.05, 3.63) is 53.9 Å². The fraction of sp³-hybridized carbons (Fsp3) is 0. The highest BCUT2D eigenvalue weighted by atomic mass is 19.1. The van der Waals surface area contributed by atoms with Crippen molar-refractivity contribution in [2.75, 3.05) is 0 Å². The zero-order chi connectivity index (χ0) is 12.4. The highest BCUT2D eigenvalue weighted by molar-refractivity contribution is 5.89. The van der Waals surface area contributed by atoms with E-state index in [-0.39, 0.29) is 5.56 Å². The quantitative estimate of drug-likeness (QED) is 0.870. The Morgan fingerprint density at radius 1 is 1.24 bits per heavy atom. The first kappa shape index (κ1) is 11.2. The fourth-order valence-corrected chi connectivity index (χ4v) is 1.46. The molecule has 1 aromatic carbocycles. The molecule has 17 heavy (non-hydrogen) atoms. The number of carboxylic acids is 1. The molecule has 1 N–H and O–H groups in total. The van der Waals surface area contributed by atoms with Gasteiger partial charge in [0.25, 0.3) is 0 Å². The normalized spacial score (nSPS) is 10.2. The minimum Gasteiger partial charge on any atom is -0.478 e. The van der Waals surface area contributed by atoms with E-state index in [4.69, 9.17) is 5.11 Å². The lowest BCUT2D eigenvalue weighted by molar-refractivity contribution is 0.0692. The predicted molar refractivity (Wildman–Crippen MR) is 56.5 cm³/mol. The molecule has 0 saturated carbocycles. The number of aromatic nitrogens is 1. The lowest BCUT2D eigenvalue weighted by atomic mass is 10.0. The van der Waals surface area contributed by atoms with Crippen molar-refractivity contribution in [2.24, 2.45) is 0 Å². The monoisotopic (exact) mass is 235 g/mol. The molecule has 0 spiro atoms. The molecule has 0 aliphatic heterocycles. The van der Waals surface area contributed by atoms with Crippen molar-refractivity contribution in [3.8, 4) is 11.1 Å². The number of rotatable bonds is 2. The first-order chi connectivity index (χ1) is 8.09. The van der Waals surface area contributed by atoms with Crippen LogP contribution in [0.3, 0.4) is 0 Å². The summed E-state index contributed by atoms with van der Waals surface area (Å²) in [5.74, 6) is -3.35. The van der Waals surface area contributed by atoms with E-state index in [1.54, 1.807) is 12.1 Å². The predicted octanol–water partition coefficient (Wildman–Crippen LogP) is 2.73. The number of carboxylic acid groups (broad SMARTS) is 1. The zero-order valence-corrected chi connectivity index (χ0v) is 8.52. The maximum absolute atomic E-state index is 13.5. The summed E-state index contributed by atoms with van der Waals surface area (Å²) in [6.07, 6.45) is 2.88. The van der Waals surface area contributed by atoms with E-state index in [1.165, 1.54) is 12.4 Å². The maximum Gasteiger partial charge on any atom is 0.338 e. The average Bonchev–Trinajstić information content (AvgIpc) is 2.29. The SMILES string of the molecule is O=C(O)c1cc(-c2cccnc2)c(F)cc1F. The molecule has 5 heteroatoms. The van der Waals surface area contributed by atoms with E-state index >= 15 is 0 Å². The van der Waals surface area contributed by atoms with Crippen LogP contribution in [0.15, 0.2) is 36.7 Å². The highest BCUT2D eigenvalue weighted by Crippen LogP contribution is 2.24. The number of hydrogen-bond donors (Lipinski definition) is 1. The minimum absolute atomic E-state index is 0.0110.